The average Bonchev–Trinajstić information content (AvgIpc) is 3.27. The predicted octanol–water partition coefficient (Wildman–Crippen LogP) is 4.25. The average molecular weight is 405 g/mol. The Labute approximate surface area is 175 Å². The van der Waals surface area contributed by atoms with E-state index in [0.717, 1.165) is 25.2 Å². The summed E-state index contributed by atoms with van der Waals surface area (Å²) in [7, 11) is 0. The van der Waals surface area contributed by atoms with Gasteiger partial charge in [0.15, 0.2) is 5.78 Å². The lowest BCUT2D eigenvalue weighted by molar-refractivity contribution is 0.0627. The van der Waals surface area contributed by atoms with Crippen molar-refractivity contribution in [3.63, 3.8) is 0 Å². The van der Waals surface area contributed by atoms with Crippen LogP contribution in [-0.2, 0) is 6.54 Å². The zero-order chi connectivity index (χ0) is 20.2. The van der Waals surface area contributed by atoms with E-state index in [1.54, 1.807) is 23.5 Å². The second kappa shape index (κ2) is 8.72. The van der Waals surface area contributed by atoms with Gasteiger partial charge in [-0.25, -0.2) is 0 Å². The molecule has 0 saturated carbocycles. The van der Waals surface area contributed by atoms with E-state index >= 15 is 0 Å². The highest BCUT2D eigenvalue weighted by Crippen LogP contribution is 2.19. The highest BCUT2D eigenvalue weighted by molar-refractivity contribution is 7.09. The first-order valence-corrected chi connectivity index (χ1v) is 10.7. The van der Waals surface area contributed by atoms with Crippen molar-refractivity contribution in [3.05, 3.63) is 93.2 Å². The van der Waals surface area contributed by atoms with Crippen molar-refractivity contribution in [2.24, 2.45) is 0 Å². The Morgan fingerprint density at radius 3 is 2.21 bits per heavy atom. The molecule has 0 bridgehead atoms. The molecule has 0 unspecified atom stereocenters. The van der Waals surface area contributed by atoms with Crippen LogP contribution in [0.15, 0.2) is 66.0 Å². The molecular weight excluding hydrogens is 380 g/mol. The highest BCUT2D eigenvalue weighted by atomic mass is 32.1. The molecule has 3 aromatic rings. The van der Waals surface area contributed by atoms with Crippen molar-refractivity contribution >= 4 is 23.0 Å². The van der Waals surface area contributed by atoms with Gasteiger partial charge in [0.05, 0.1) is 5.56 Å². The SMILES string of the molecule is Cc1ccc(C(=O)c2ccccc2C(=O)N2CCN(Cc3cccs3)CC2)cc1. The fourth-order valence-corrected chi connectivity index (χ4v) is 4.38. The molecule has 1 aromatic heterocycles. The standard InChI is InChI=1S/C24H24N2O2S/c1-18-8-10-19(11-9-18)23(27)21-6-2-3-7-22(21)24(28)26-14-12-25(13-15-26)17-20-5-4-16-29-20/h2-11,16H,12-15,17H2,1H3. The molecular formula is C24H24N2O2S. The maximum absolute atomic E-state index is 13.2. The van der Waals surface area contributed by atoms with E-state index < -0.39 is 0 Å². The number of aryl methyl sites for hydroxylation is 1. The van der Waals surface area contributed by atoms with Crippen LogP contribution in [0, 0.1) is 6.92 Å². The first-order valence-electron chi connectivity index (χ1n) is 9.86. The number of piperazine rings is 1. The quantitative estimate of drug-likeness (QED) is 0.597. The molecule has 0 spiro atoms. The third-order valence-electron chi connectivity index (χ3n) is 5.33. The summed E-state index contributed by atoms with van der Waals surface area (Å²) in [6.07, 6.45) is 0. The number of nitrogens with zero attached hydrogens (tertiary/aromatic N) is 2. The summed E-state index contributed by atoms with van der Waals surface area (Å²) in [5, 5.41) is 2.09. The Morgan fingerprint density at radius 2 is 1.55 bits per heavy atom. The number of ketones is 1. The van der Waals surface area contributed by atoms with Gasteiger partial charge in [-0.15, -0.1) is 11.3 Å². The molecule has 5 heteroatoms. The lowest BCUT2D eigenvalue weighted by atomic mass is 9.97. The molecule has 1 aliphatic heterocycles. The third-order valence-corrected chi connectivity index (χ3v) is 6.20. The van der Waals surface area contributed by atoms with Crippen LogP contribution in [-0.4, -0.2) is 47.7 Å². The Kier molecular flexibility index (Phi) is 5.88. The molecule has 1 amide bonds. The molecule has 0 aliphatic carbocycles. The molecule has 2 aromatic carbocycles. The minimum absolute atomic E-state index is 0.0585. The molecule has 0 atom stereocenters. The molecule has 29 heavy (non-hydrogen) atoms. The van der Waals surface area contributed by atoms with E-state index in [1.807, 2.05) is 48.2 Å². The van der Waals surface area contributed by atoms with Crippen molar-refractivity contribution < 1.29 is 9.59 Å². The summed E-state index contributed by atoms with van der Waals surface area (Å²) in [6, 6.07) is 18.9. The van der Waals surface area contributed by atoms with Crippen molar-refractivity contribution in [3.8, 4) is 0 Å². The summed E-state index contributed by atoms with van der Waals surface area (Å²) >= 11 is 1.76. The van der Waals surface area contributed by atoms with E-state index in [0.29, 0.717) is 29.8 Å². The number of amides is 1. The fraction of sp³-hybridized carbons (Fsp3) is 0.250. The summed E-state index contributed by atoms with van der Waals surface area (Å²) in [6.45, 7) is 5.97. The molecule has 2 heterocycles. The maximum atomic E-state index is 13.2. The van der Waals surface area contributed by atoms with Gasteiger partial charge < -0.3 is 4.90 Å². The smallest absolute Gasteiger partial charge is 0.254 e. The minimum Gasteiger partial charge on any atom is -0.336 e. The molecule has 0 N–H and O–H groups in total. The van der Waals surface area contributed by atoms with E-state index in [-0.39, 0.29) is 11.7 Å². The van der Waals surface area contributed by atoms with Gasteiger partial charge in [0, 0.05) is 48.7 Å². The van der Waals surface area contributed by atoms with Crippen molar-refractivity contribution in [1.82, 2.24) is 9.80 Å². The van der Waals surface area contributed by atoms with Gasteiger partial charge in [0.2, 0.25) is 0 Å². The monoisotopic (exact) mass is 404 g/mol. The topological polar surface area (TPSA) is 40.6 Å². The number of carbonyl (C=O) groups is 2. The summed E-state index contributed by atoms with van der Waals surface area (Å²) in [4.78, 5) is 31.8. The number of rotatable bonds is 5. The van der Waals surface area contributed by atoms with E-state index in [2.05, 4.69) is 22.4 Å². The molecule has 1 aliphatic rings. The van der Waals surface area contributed by atoms with E-state index in [1.165, 1.54) is 4.88 Å². The fourth-order valence-electron chi connectivity index (χ4n) is 3.63. The van der Waals surface area contributed by atoms with Crippen LogP contribution >= 0.6 is 11.3 Å². The van der Waals surface area contributed by atoms with Gasteiger partial charge in [-0.1, -0.05) is 54.1 Å². The zero-order valence-electron chi connectivity index (χ0n) is 16.5. The van der Waals surface area contributed by atoms with Crippen LogP contribution < -0.4 is 0 Å². The second-order valence-corrected chi connectivity index (χ2v) is 8.42. The van der Waals surface area contributed by atoms with E-state index in [4.69, 9.17) is 0 Å². The minimum atomic E-state index is -0.106. The maximum Gasteiger partial charge on any atom is 0.254 e. The Morgan fingerprint density at radius 1 is 0.862 bits per heavy atom. The van der Waals surface area contributed by atoms with Crippen LogP contribution in [0.3, 0.4) is 0 Å². The van der Waals surface area contributed by atoms with E-state index in [9.17, 15) is 9.59 Å². The van der Waals surface area contributed by atoms with Crippen molar-refractivity contribution in [2.75, 3.05) is 26.2 Å². The van der Waals surface area contributed by atoms with Gasteiger partial charge in [-0.3, -0.25) is 14.5 Å². The van der Waals surface area contributed by atoms with Gasteiger partial charge in [0.1, 0.15) is 0 Å². The van der Waals surface area contributed by atoms with Gasteiger partial charge in [-0.05, 0) is 24.4 Å². The number of hydrogen-bond donors (Lipinski definition) is 0. The van der Waals surface area contributed by atoms with Crippen LogP contribution in [0.2, 0.25) is 0 Å². The number of benzene rings is 2. The van der Waals surface area contributed by atoms with Crippen LogP contribution in [0.5, 0.6) is 0 Å². The second-order valence-electron chi connectivity index (χ2n) is 7.39. The molecule has 4 nitrogen and oxygen atoms in total. The molecule has 0 radical (unpaired) electrons. The highest BCUT2D eigenvalue weighted by Gasteiger charge is 2.25. The zero-order valence-corrected chi connectivity index (χ0v) is 17.3. The molecule has 4 rings (SSSR count). The Hall–Kier alpha value is -2.76. The summed E-state index contributed by atoms with van der Waals surface area (Å²) in [5.41, 5.74) is 2.68. The predicted molar refractivity (Wildman–Crippen MR) is 117 cm³/mol. The van der Waals surface area contributed by atoms with Gasteiger partial charge >= 0.3 is 0 Å². The first kappa shape index (κ1) is 19.6. The van der Waals surface area contributed by atoms with Gasteiger partial charge in [0.25, 0.3) is 5.91 Å². The van der Waals surface area contributed by atoms with Gasteiger partial charge in [-0.2, -0.15) is 0 Å². The normalized spacial score (nSPS) is 14.7. The van der Waals surface area contributed by atoms with Crippen LogP contribution in [0.25, 0.3) is 0 Å². The number of thiophene rings is 1. The summed E-state index contributed by atoms with van der Waals surface area (Å²) in [5.74, 6) is -0.165. The Bertz CT molecular complexity index is 988. The molecule has 1 saturated heterocycles. The van der Waals surface area contributed by atoms with Crippen LogP contribution in [0.1, 0.15) is 36.7 Å². The number of carbonyl (C=O) groups excluding carboxylic acids is 2. The van der Waals surface area contributed by atoms with Crippen molar-refractivity contribution in [1.29, 1.82) is 0 Å². The third kappa shape index (κ3) is 4.47. The Balaban J connectivity index is 1.47. The lowest BCUT2D eigenvalue weighted by Crippen LogP contribution is -2.48. The van der Waals surface area contributed by atoms with Crippen LogP contribution in [0.4, 0.5) is 0 Å². The largest absolute Gasteiger partial charge is 0.336 e. The molecule has 148 valence electrons. The molecule has 1 fully saturated rings. The first-order chi connectivity index (χ1) is 14.1. The summed E-state index contributed by atoms with van der Waals surface area (Å²) < 4.78 is 0. The number of hydrogen-bond acceptors (Lipinski definition) is 4. The van der Waals surface area contributed by atoms with Crippen molar-refractivity contribution in [2.45, 2.75) is 13.5 Å². The lowest BCUT2D eigenvalue weighted by Gasteiger charge is -2.34.